The zero-order chi connectivity index (χ0) is 14.2. The summed E-state index contributed by atoms with van der Waals surface area (Å²) in [7, 11) is 0. The number of hydrogen-bond donors (Lipinski definition) is 2. The number of ether oxygens (including phenoxy) is 2. The third-order valence-electron chi connectivity index (χ3n) is 3.91. The molecule has 2 saturated heterocycles. The highest BCUT2D eigenvalue weighted by atomic mass is 32.1. The van der Waals surface area contributed by atoms with Gasteiger partial charge in [0.25, 0.3) is 0 Å². The molecule has 0 radical (unpaired) electrons. The standard InChI is InChI=1S/C14H27N3O2S/c1-2-18-8-4-6-15-14(20)16-9-13-10-17-7-3-5-12(17)11-19-13/h12-13H,2-11H2,1H3,(H2,15,16,20). The second kappa shape index (κ2) is 8.77. The highest BCUT2D eigenvalue weighted by Crippen LogP contribution is 2.22. The molecule has 0 aromatic carbocycles. The van der Waals surface area contributed by atoms with Gasteiger partial charge in [-0.3, -0.25) is 4.90 Å². The smallest absolute Gasteiger partial charge is 0.166 e. The van der Waals surface area contributed by atoms with E-state index in [0.717, 1.165) is 45.9 Å². The Morgan fingerprint density at radius 3 is 3.20 bits per heavy atom. The third-order valence-corrected chi connectivity index (χ3v) is 4.20. The van der Waals surface area contributed by atoms with Crippen LogP contribution in [0, 0.1) is 0 Å². The maximum absolute atomic E-state index is 5.89. The van der Waals surface area contributed by atoms with Gasteiger partial charge in [0.2, 0.25) is 0 Å². The van der Waals surface area contributed by atoms with Crippen LogP contribution in [0.1, 0.15) is 26.2 Å². The normalized spacial score (nSPS) is 26.2. The molecule has 2 atom stereocenters. The molecule has 0 bridgehead atoms. The van der Waals surface area contributed by atoms with Crippen LogP contribution in [-0.4, -0.2) is 68.2 Å². The minimum Gasteiger partial charge on any atom is -0.382 e. The monoisotopic (exact) mass is 301 g/mol. The Morgan fingerprint density at radius 1 is 1.45 bits per heavy atom. The summed E-state index contributed by atoms with van der Waals surface area (Å²) in [6.07, 6.45) is 3.84. The summed E-state index contributed by atoms with van der Waals surface area (Å²) in [5.74, 6) is 0. The van der Waals surface area contributed by atoms with Crippen molar-refractivity contribution in [2.45, 2.75) is 38.3 Å². The summed E-state index contributed by atoms with van der Waals surface area (Å²) in [5.41, 5.74) is 0. The Balaban J connectivity index is 1.52. The fraction of sp³-hybridized carbons (Fsp3) is 0.929. The first kappa shape index (κ1) is 15.9. The molecule has 6 heteroatoms. The predicted molar refractivity (Wildman–Crippen MR) is 84.0 cm³/mol. The Bertz CT molecular complexity index is 304. The van der Waals surface area contributed by atoms with Gasteiger partial charge in [0, 0.05) is 38.9 Å². The van der Waals surface area contributed by atoms with E-state index in [2.05, 4.69) is 15.5 Å². The Hall–Kier alpha value is -0.430. The summed E-state index contributed by atoms with van der Waals surface area (Å²) in [6.45, 7) is 8.35. The lowest BCUT2D eigenvalue weighted by Gasteiger charge is -2.35. The molecule has 2 aliphatic rings. The molecule has 0 aliphatic carbocycles. The number of thiocarbonyl (C=S) groups is 1. The summed E-state index contributed by atoms with van der Waals surface area (Å²) < 4.78 is 11.2. The van der Waals surface area contributed by atoms with E-state index in [0.29, 0.717) is 11.2 Å². The van der Waals surface area contributed by atoms with E-state index in [9.17, 15) is 0 Å². The van der Waals surface area contributed by atoms with E-state index in [1.807, 2.05) is 6.92 Å². The van der Waals surface area contributed by atoms with Gasteiger partial charge in [-0.05, 0) is 44.9 Å². The molecule has 0 saturated carbocycles. The molecule has 2 fully saturated rings. The zero-order valence-corrected chi connectivity index (χ0v) is 13.2. The molecule has 2 N–H and O–H groups in total. The minimum absolute atomic E-state index is 0.257. The number of hydrogen-bond acceptors (Lipinski definition) is 4. The van der Waals surface area contributed by atoms with Gasteiger partial charge in [-0.2, -0.15) is 0 Å². The highest BCUT2D eigenvalue weighted by Gasteiger charge is 2.31. The largest absolute Gasteiger partial charge is 0.382 e. The van der Waals surface area contributed by atoms with Gasteiger partial charge < -0.3 is 20.1 Å². The van der Waals surface area contributed by atoms with E-state index >= 15 is 0 Å². The lowest BCUT2D eigenvalue weighted by molar-refractivity contribution is -0.0452. The van der Waals surface area contributed by atoms with Crippen molar-refractivity contribution in [2.24, 2.45) is 0 Å². The SMILES string of the molecule is CCOCCCNC(=S)NCC1CN2CCCC2CO1. The second-order valence-corrected chi connectivity index (χ2v) is 5.84. The highest BCUT2D eigenvalue weighted by molar-refractivity contribution is 7.80. The van der Waals surface area contributed by atoms with Crippen molar-refractivity contribution in [3.63, 3.8) is 0 Å². The number of nitrogens with zero attached hydrogens (tertiary/aromatic N) is 1. The van der Waals surface area contributed by atoms with Crippen molar-refractivity contribution < 1.29 is 9.47 Å². The van der Waals surface area contributed by atoms with Crippen LogP contribution >= 0.6 is 12.2 Å². The van der Waals surface area contributed by atoms with Crippen LogP contribution in [0.25, 0.3) is 0 Å². The fourth-order valence-corrected chi connectivity index (χ4v) is 2.98. The molecule has 2 unspecified atom stereocenters. The van der Waals surface area contributed by atoms with Gasteiger partial charge in [0.05, 0.1) is 12.7 Å². The molecule has 2 aliphatic heterocycles. The molecule has 2 rings (SSSR count). The van der Waals surface area contributed by atoms with Crippen molar-refractivity contribution in [3.05, 3.63) is 0 Å². The van der Waals surface area contributed by atoms with Crippen molar-refractivity contribution in [2.75, 3.05) is 46.0 Å². The molecule has 0 amide bonds. The van der Waals surface area contributed by atoms with Gasteiger partial charge >= 0.3 is 0 Å². The molecule has 2 heterocycles. The van der Waals surface area contributed by atoms with Gasteiger partial charge in [-0.1, -0.05) is 0 Å². The van der Waals surface area contributed by atoms with Crippen LogP contribution in [-0.2, 0) is 9.47 Å². The van der Waals surface area contributed by atoms with E-state index in [1.165, 1.54) is 19.4 Å². The van der Waals surface area contributed by atoms with Crippen molar-refractivity contribution in [3.8, 4) is 0 Å². The summed E-state index contributed by atoms with van der Waals surface area (Å²) >= 11 is 5.26. The third kappa shape index (κ3) is 5.16. The molecule has 5 nitrogen and oxygen atoms in total. The number of rotatable bonds is 7. The Labute approximate surface area is 127 Å². The van der Waals surface area contributed by atoms with Crippen LogP contribution in [0.5, 0.6) is 0 Å². The van der Waals surface area contributed by atoms with Crippen LogP contribution in [0.3, 0.4) is 0 Å². The van der Waals surface area contributed by atoms with Crippen LogP contribution in [0.4, 0.5) is 0 Å². The van der Waals surface area contributed by atoms with Gasteiger partial charge in [0.15, 0.2) is 5.11 Å². The molecular formula is C14H27N3O2S. The lowest BCUT2D eigenvalue weighted by Crippen LogP contribution is -2.51. The van der Waals surface area contributed by atoms with E-state index < -0.39 is 0 Å². The second-order valence-electron chi connectivity index (χ2n) is 5.43. The maximum atomic E-state index is 5.89. The first-order valence-corrected chi connectivity index (χ1v) is 8.15. The Kier molecular flexibility index (Phi) is 6.99. The number of nitrogens with one attached hydrogen (secondary N) is 2. The summed E-state index contributed by atoms with van der Waals surface area (Å²) in [4.78, 5) is 2.55. The van der Waals surface area contributed by atoms with Crippen LogP contribution in [0.15, 0.2) is 0 Å². The Morgan fingerprint density at radius 2 is 2.35 bits per heavy atom. The van der Waals surface area contributed by atoms with E-state index in [4.69, 9.17) is 21.7 Å². The zero-order valence-electron chi connectivity index (χ0n) is 12.4. The molecule has 0 aromatic rings. The minimum atomic E-state index is 0.257. The molecule has 0 aromatic heterocycles. The molecule has 20 heavy (non-hydrogen) atoms. The van der Waals surface area contributed by atoms with Crippen molar-refractivity contribution in [1.82, 2.24) is 15.5 Å². The molecular weight excluding hydrogens is 274 g/mol. The van der Waals surface area contributed by atoms with Crippen LogP contribution < -0.4 is 10.6 Å². The lowest BCUT2D eigenvalue weighted by atomic mass is 10.2. The van der Waals surface area contributed by atoms with Crippen molar-refractivity contribution >= 4 is 17.3 Å². The first-order valence-electron chi connectivity index (χ1n) is 7.74. The van der Waals surface area contributed by atoms with E-state index in [-0.39, 0.29) is 6.10 Å². The summed E-state index contributed by atoms with van der Waals surface area (Å²) in [6, 6.07) is 0.662. The summed E-state index contributed by atoms with van der Waals surface area (Å²) in [5, 5.41) is 7.17. The number of fused-ring (bicyclic) bond motifs is 1. The van der Waals surface area contributed by atoms with Crippen molar-refractivity contribution in [1.29, 1.82) is 0 Å². The first-order chi connectivity index (χ1) is 9.79. The predicted octanol–water partition coefficient (Wildman–Crippen LogP) is 0.740. The quantitative estimate of drug-likeness (QED) is 0.534. The fourth-order valence-electron chi connectivity index (χ4n) is 2.80. The van der Waals surface area contributed by atoms with Gasteiger partial charge in [-0.15, -0.1) is 0 Å². The average molecular weight is 301 g/mol. The topological polar surface area (TPSA) is 45.8 Å². The van der Waals surface area contributed by atoms with E-state index in [1.54, 1.807) is 0 Å². The average Bonchev–Trinajstić information content (AvgIpc) is 2.92. The van der Waals surface area contributed by atoms with Crippen LogP contribution in [0.2, 0.25) is 0 Å². The molecule has 0 spiro atoms. The molecule has 116 valence electrons. The maximum Gasteiger partial charge on any atom is 0.166 e. The van der Waals surface area contributed by atoms with Gasteiger partial charge in [0.1, 0.15) is 0 Å². The number of morpholine rings is 1. The van der Waals surface area contributed by atoms with Gasteiger partial charge in [-0.25, -0.2) is 0 Å².